The Morgan fingerprint density at radius 2 is 1.56 bits per heavy atom. The van der Waals surface area contributed by atoms with Gasteiger partial charge in [-0.3, -0.25) is 0 Å². The van der Waals surface area contributed by atoms with E-state index in [4.69, 9.17) is 23.7 Å². The molecule has 3 fully saturated rings. The third-order valence-electron chi connectivity index (χ3n) is 2.89. The molecule has 0 saturated carbocycles. The van der Waals surface area contributed by atoms with Crippen molar-refractivity contribution in [1.29, 1.82) is 0 Å². The van der Waals surface area contributed by atoms with Gasteiger partial charge in [-0.25, -0.2) is 0 Å². The van der Waals surface area contributed by atoms with Gasteiger partial charge in [-0.05, 0) is 13.3 Å². The fraction of sp³-hybridized carbons (Fsp3) is 1.00. The molecule has 3 heterocycles. The molecule has 3 aliphatic heterocycles. The second kappa shape index (κ2) is 7.40. The number of epoxide rings is 3. The van der Waals surface area contributed by atoms with Crippen LogP contribution < -0.4 is 0 Å². The van der Waals surface area contributed by atoms with Gasteiger partial charge in [0.05, 0.1) is 51.8 Å². The summed E-state index contributed by atoms with van der Waals surface area (Å²) in [5, 5.41) is 0. The largest absolute Gasteiger partial charge is 0.376 e. The Bertz CT molecular complexity index is 223. The van der Waals surface area contributed by atoms with Gasteiger partial charge in [0.15, 0.2) is 0 Å². The van der Waals surface area contributed by atoms with Gasteiger partial charge >= 0.3 is 0 Å². The summed E-state index contributed by atoms with van der Waals surface area (Å²) in [6.45, 7) is 8.91. The minimum absolute atomic E-state index is 0.156. The summed E-state index contributed by atoms with van der Waals surface area (Å²) in [5.74, 6) is 0. The first kappa shape index (κ1) is 14.2. The fourth-order valence-electron chi connectivity index (χ4n) is 1.32. The summed E-state index contributed by atoms with van der Waals surface area (Å²) in [5.41, 5.74) is 0. The molecular formula is C13H24O5. The lowest BCUT2D eigenvalue weighted by Gasteiger charge is -2.11. The lowest BCUT2D eigenvalue weighted by atomic mass is 10.4. The molecule has 0 bridgehead atoms. The van der Waals surface area contributed by atoms with Crippen LogP contribution in [0.4, 0.5) is 0 Å². The van der Waals surface area contributed by atoms with Crippen molar-refractivity contribution in [3.8, 4) is 0 Å². The molecular weight excluding hydrogens is 236 g/mol. The van der Waals surface area contributed by atoms with E-state index < -0.39 is 0 Å². The zero-order valence-corrected chi connectivity index (χ0v) is 11.3. The fourth-order valence-corrected chi connectivity index (χ4v) is 1.32. The van der Waals surface area contributed by atoms with E-state index in [0.29, 0.717) is 38.1 Å². The highest BCUT2D eigenvalue weighted by molar-refractivity contribution is 4.69. The van der Waals surface area contributed by atoms with Crippen molar-refractivity contribution in [3.63, 3.8) is 0 Å². The zero-order chi connectivity index (χ0) is 12.8. The van der Waals surface area contributed by atoms with E-state index in [1.807, 2.05) is 6.92 Å². The van der Waals surface area contributed by atoms with E-state index in [1.54, 1.807) is 0 Å². The van der Waals surface area contributed by atoms with Crippen LogP contribution in [0.25, 0.3) is 0 Å². The zero-order valence-electron chi connectivity index (χ0n) is 11.3. The normalized spacial score (nSPS) is 33.3. The van der Waals surface area contributed by atoms with Crippen molar-refractivity contribution in [1.82, 2.24) is 0 Å². The standard InChI is InChI=1S/C9H16O4.C4H8O/c1-7(11-4-9-6-13-9)2-10-3-8-5-12-8;1-2-4-3-5-4/h7-9H,2-6H2,1H3;4H,2-3H2,1H3. The summed E-state index contributed by atoms with van der Waals surface area (Å²) in [6.07, 6.45) is 2.67. The van der Waals surface area contributed by atoms with Gasteiger partial charge in [-0.1, -0.05) is 6.92 Å². The maximum Gasteiger partial charge on any atom is 0.104 e. The maximum absolute atomic E-state index is 5.48. The number of hydrogen-bond donors (Lipinski definition) is 0. The Kier molecular flexibility index (Phi) is 5.85. The van der Waals surface area contributed by atoms with Gasteiger partial charge in [-0.15, -0.1) is 0 Å². The SMILES string of the molecule is CC(COCC1CO1)OCC1CO1.CCC1CO1. The molecule has 0 N–H and O–H groups in total. The molecule has 18 heavy (non-hydrogen) atoms. The predicted octanol–water partition coefficient (Wildman–Crippen LogP) is 1.00. The van der Waals surface area contributed by atoms with E-state index in [2.05, 4.69) is 6.92 Å². The van der Waals surface area contributed by atoms with Crippen molar-refractivity contribution >= 4 is 0 Å². The number of rotatable bonds is 8. The first-order chi connectivity index (χ1) is 8.78. The molecule has 4 atom stereocenters. The summed E-state index contributed by atoms with van der Waals surface area (Å²) < 4.78 is 25.8. The average Bonchev–Trinajstić information content (AvgIpc) is 3.24. The van der Waals surface area contributed by atoms with Crippen LogP contribution in [0, 0.1) is 0 Å². The molecule has 3 aliphatic rings. The van der Waals surface area contributed by atoms with Crippen LogP contribution in [-0.4, -0.2) is 64.1 Å². The van der Waals surface area contributed by atoms with Crippen LogP contribution >= 0.6 is 0 Å². The van der Waals surface area contributed by atoms with E-state index in [-0.39, 0.29) is 6.10 Å². The number of hydrogen-bond acceptors (Lipinski definition) is 5. The summed E-state index contributed by atoms with van der Waals surface area (Å²) >= 11 is 0. The molecule has 3 rings (SSSR count). The summed E-state index contributed by atoms with van der Waals surface area (Å²) in [6, 6.07) is 0. The molecule has 0 radical (unpaired) electrons. The van der Waals surface area contributed by atoms with Crippen molar-refractivity contribution in [2.24, 2.45) is 0 Å². The van der Waals surface area contributed by atoms with Gasteiger partial charge in [0, 0.05) is 0 Å². The molecule has 4 unspecified atom stereocenters. The highest BCUT2D eigenvalue weighted by atomic mass is 16.6. The minimum atomic E-state index is 0.156. The molecule has 0 amide bonds. The molecule has 0 spiro atoms. The molecule has 5 heteroatoms. The smallest absolute Gasteiger partial charge is 0.104 e. The van der Waals surface area contributed by atoms with Crippen molar-refractivity contribution in [3.05, 3.63) is 0 Å². The highest BCUT2D eigenvalue weighted by Gasteiger charge is 2.24. The van der Waals surface area contributed by atoms with Crippen LogP contribution in [0.15, 0.2) is 0 Å². The minimum Gasteiger partial charge on any atom is -0.376 e. The van der Waals surface area contributed by atoms with Crippen LogP contribution in [0.3, 0.4) is 0 Å². The molecule has 0 aromatic carbocycles. The molecule has 0 aliphatic carbocycles. The Morgan fingerprint density at radius 1 is 1.00 bits per heavy atom. The van der Waals surface area contributed by atoms with Crippen LogP contribution in [0.5, 0.6) is 0 Å². The van der Waals surface area contributed by atoms with Crippen LogP contribution in [0.2, 0.25) is 0 Å². The van der Waals surface area contributed by atoms with E-state index >= 15 is 0 Å². The van der Waals surface area contributed by atoms with Crippen molar-refractivity contribution in [2.45, 2.75) is 44.7 Å². The Morgan fingerprint density at radius 3 is 2.00 bits per heavy atom. The van der Waals surface area contributed by atoms with E-state index in [1.165, 1.54) is 6.42 Å². The monoisotopic (exact) mass is 260 g/mol. The van der Waals surface area contributed by atoms with Gasteiger partial charge < -0.3 is 23.7 Å². The van der Waals surface area contributed by atoms with E-state index in [9.17, 15) is 0 Å². The van der Waals surface area contributed by atoms with Crippen LogP contribution in [0.1, 0.15) is 20.3 Å². The third kappa shape index (κ3) is 7.28. The van der Waals surface area contributed by atoms with Crippen molar-refractivity contribution in [2.75, 3.05) is 39.6 Å². The lowest BCUT2D eigenvalue weighted by molar-refractivity contribution is -0.0146. The van der Waals surface area contributed by atoms with Crippen LogP contribution in [-0.2, 0) is 23.7 Å². The maximum atomic E-state index is 5.48. The van der Waals surface area contributed by atoms with E-state index in [0.717, 1.165) is 19.8 Å². The molecule has 5 nitrogen and oxygen atoms in total. The van der Waals surface area contributed by atoms with Gasteiger partial charge in [-0.2, -0.15) is 0 Å². The first-order valence-electron chi connectivity index (χ1n) is 6.82. The van der Waals surface area contributed by atoms with Gasteiger partial charge in [0.2, 0.25) is 0 Å². The second-order valence-corrected chi connectivity index (χ2v) is 4.96. The summed E-state index contributed by atoms with van der Waals surface area (Å²) in [7, 11) is 0. The lowest BCUT2D eigenvalue weighted by Crippen LogP contribution is -2.19. The Hall–Kier alpha value is -0.200. The molecule has 106 valence electrons. The Labute approximate surface area is 109 Å². The predicted molar refractivity (Wildman–Crippen MR) is 65.7 cm³/mol. The topological polar surface area (TPSA) is 56.0 Å². The van der Waals surface area contributed by atoms with Gasteiger partial charge in [0.1, 0.15) is 12.2 Å². The highest BCUT2D eigenvalue weighted by Crippen LogP contribution is 2.11. The first-order valence-corrected chi connectivity index (χ1v) is 6.82. The van der Waals surface area contributed by atoms with Crippen molar-refractivity contribution < 1.29 is 23.7 Å². The van der Waals surface area contributed by atoms with Gasteiger partial charge in [0.25, 0.3) is 0 Å². The molecule has 0 aromatic heterocycles. The molecule has 3 saturated heterocycles. The average molecular weight is 260 g/mol. The molecule has 0 aromatic rings. The third-order valence-corrected chi connectivity index (χ3v) is 2.89. The summed E-state index contributed by atoms with van der Waals surface area (Å²) in [4.78, 5) is 0. The number of ether oxygens (including phenoxy) is 5. The second-order valence-electron chi connectivity index (χ2n) is 4.96. The Balaban J connectivity index is 0.000000202. The quantitative estimate of drug-likeness (QED) is 0.609.